The van der Waals surface area contributed by atoms with Gasteiger partial charge in [0.1, 0.15) is 18.5 Å². The van der Waals surface area contributed by atoms with Crippen molar-refractivity contribution in [2.24, 2.45) is 0 Å². The number of aliphatic hydroxyl groups is 1. The number of anilines is 2. The van der Waals surface area contributed by atoms with Gasteiger partial charge in [-0.25, -0.2) is 9.59 Å². The van der Waals surface area contributed by atoms with Crippen molar-refractivity contribution in [1.82, 2.24) is 10.6 Å². The molecule has 0 saturated carbocycles. The third-order valence-corrected chi connectivity index (χ3v) is 5.86. The smallest absolute Gasteiger partial charge is 0.490 e. The van der Waals surface area contributed by atoms with Gasteiger partial charge in [-0.2, -0.15) is 13.2 Å². The largest absolute Gasteiger partial charge is 0.490 e. The molecule has 3 aromatic rings. The summed E-state index contributed by atoms with van der Waals surface area (Å²) in [7, 11) is 1.52. The Balaban J connectivity index is 1.52. The summed E-state index contributed by atoms with van der Waals surface area (Å²) in [5, 5.41) is 20.6. The number of benzene rings is 3. The fourth-order valence-corrected chi connectivity index (χ4v) is 3.71. The van der Waals surface area contributed by atoms with Crippen LogP contribution in [0.5, 0.6) is 5.75 Å². The van der Waals surface area contributed by atoms with E-state index in [1.165, 1.54) is 7.05 Å². The number of halogens is 3. The Hall–Kier alpha value is -4.62. The maximum atomic E-state index is 12.8. The first-order valence-corrected chi connectivity index (χ1v) is 12.9. The quantitative estimate of drug-likeness (QED) is 0.192. The zero-order chi connectivity index (χ0) is 30.5. The summed E-state index contributed by atoms with van der Waals surface area (Å²) in [5.74, 6) is -2.18. The molecule has 2 atom stereocenters. The standard InChI is InChI=1S/C29H31F3N4O6/c1-33-26(38)20-9-13-22(14-10-20)36-28(40)35-21-11-7-19(8-12-21)15-23(17-37)34-16-25(42-27(39)29(30,31)32)18-41-24-5-3-2-4-6-24/h2-14,23,25,34,37H,15-18H2,1H3,(H,33,38)(H2,35,36,40)/t23-,25-/m0/s1. The highest BCUT2D eigenvalue weighted by Crippen LogP contribution is 2.19. The minimum Gasteiger partial charge on any atom is -0.490 e. The number of esters is 1. The lowest BCUT2D eigenvalue weighted by atomic mass is 10.1. The van der Waals surface area contributed by atoms with Crippen LogP contribution in [0, 0.1) is 0 Å². The van der Waals surface area contributed by atoms with Gasteiger partial charge in [-0.3, -0.25) is 4.79 Å². The maximum absolute atomic E-state index is 12.8. The second-order valence-corrected chi connectivity index (χ2v) is 9.07. The van der Waals surface area contributed by atoms with Gasteiger partial charge < -0.3 is 35.8 Å². The van der Waals surface area contributed by atoms with Crippen LogP contribution in [0.4, 0.5) is 29.3 Å². The van der Waals surface area contributed by atoms with Crippen LogP contribution in [0.2, 0.25) is 0 Å². The normalized spacial score (nSPS) is 12.5. The second-order valence-electron chi connectivity index (χ2n) is 9.07. The van der Waals surface area contributed by atoms with Crippen molar-refractivity contribution < 1.29 is 42.1 Å². The number of hydrogen-bond donors (Lipinski definition) is 5. The molecule has 0 bridgehead atoms. The summed E-state index contributed by atoms with van der Waals surface area (Å²) in [6, 6.07) is 20.4. The highest BCUT2D eigenvalue weighted by molar-refractivity contribution is 6.00. The number of para-hydroxylation sites is 1. The van der Waals surface area contributed by atoms with Gasteiger partial charge in [0.25, 0.3) is 5.91 Å². The molecule has 0 unspecified atom stereocenters. The van der Waals surface area contributed by atoms with E-state index >= 15 is 0 Å². The molecule has 13 heteroatoms. The van der Waals surface area contributed by atoms with Crippen molar-refractivity contribution in [3.63, 3.8) is 0 Å². The lowest BCUT2D eigenvalue weighted by Crippen LogP contribution is -2.44. The molecule has 42 heavy (non-hydrogen) atoms. The molecule has 0 aliphatic rings. The van der Waals surface area contributed by atoms with E-state index in [1.807, 2.05) is 0 Å². The van der Waals surface area contributed by atoms with Crippen molar-refractivity contribution in [2.75, 3.05) is 37.4 Å². The van der Waals surface area contributed by atoms with Gasteiger partial charge in [-0.05, 0) is 60.5 Å². The van der Waals surface area contributed by atoms with Crippen LogP contribution >= 0.6 is 0 Å². The second kappa shape index (κ2) is 15.4. The monoisotopic (exact) mass is 588 g/mol. The first-order valence-electron chi connectivity index (χ1n) is 12.9. The molecule has 3 aromatic carbocycles. The van der Waals surface area contributed by atoms with E-state index in [9.17, 15) is 32.7 Å². The predicted octanol–water partition coefficient (Wildman–Crippen LogP) is 3.74. The molecule has 3 rings (SSSR count). The lowest BCUT2D eigenvalue weighted by Gasteiger charge is -2.23. The summed E-state index contributed by atoms with van der Waals surface area (Å²) in [6.45, 7) is -0.887. The SMILES string of the molecule is CNC(=O)c1ccc(NC(=O)Nc2ccc(C[C@@H](CO)NC[C@@H](COc3ccccc3)OC(=O)C(F)(F)F)cc2)cc1. The number of carbonyl (C=O) groups excluding carboxylic acids is 3. The van der Waals surface area contributed by atoms with E-state index in [4.69, 9.17) is 4.74 Å². The number of carbonyl (C=O) groups is 3. The van der Waals surface area contributed by atoms with E-state index in [0.29, 0.717) is 29.1 Å². The molecule has 0 saturated heterocycles. The van der Waals surface area contributed by atoms with E-state index < -0.39 is 30.3 Å². The van der Waals surface area contributed by atoms with E-state index in [-0.39, 0.29) is 25.7 Å². The van der Waals surface area contributed by atoms with Crippen LogP contribution in [0.1, 0.15) is 15.9 Å². The third kappa shape index (κ3) is 10.4. The van der Waals surface area contributed by atoms with Crippen molar-refractivity contribution in [3.05, 3.63) is 90.0 Å². The van der Waals surface area contributed by atoms with Gasteiger partial charge in [0.2, 0.25) is 0 Å². The highest BCUT2D eigenvalue weighted by atomic mass is 19.4. The molecule has 224 valence electrons. The van der Waals surface area contributed by atoms with Crippen molar-refractivity contribution in [2.45, 2.75) is 24.7 Å². The fraction of sp³-hybridized carbons (Fsp3) is 0.276. The minimum atomic E-state index is -5.16. The average molecular weight is 589 g/mol. The molecule has 0 aliphatic carbocycles. The zero-order valence-electron chi connectivity index (χ0n) is 22.6. The summed E-state index contributed by atoms with van der Waals surface area (Å²) < 4.78 is 48.4. The number of ether oxygens (including phenoxy) is 2. The van der Waals surface area contributed by atoms with Crippen LogP contribution in [0.3, 0.4) is 0 Å². The fourth-order valence-electron chi connectivity index (χ4n) is 3.71. The number of aliphatic hydroxyl groups excluding tert-OH is 1. The molecular weight excluding hydrogens is 557 g/mol. The summed E-state index contributed by atoms with van der Waals surface area (Å²) >= 11 is 0. The first-order chi connectivity index (χ1) is 20.1. The Morgan fingerprint density at radius 1 is 0.881 bits per heavy atom. The molecule has 5 N–H and O–H groups in total. The molecule has 0 aliphatic heterocycles. The van der Waals surface area contributed by atoms with Crippen LogP contribution in [0.15, 0.2) is 78.9 Å². The topological polar surface area (TPSA) is 138 Å². The molecule has 0 radical (unpaired) electrons. The Bertz CT molecular complexity index is 1310. The molecule has 0 heterocycles. The van der Waals surface area contributed by atoms with E-state index in [2.05, 4.69) is 26.0 Å². The van der Waals surface area contributed by atoms with Gasteiger partial charge in [-0.15, -0.1) is 0 Å². The summed E-state index contributed by atoms with van der Waals surface area (Å²) in [5.41, 5.74) is 2.20. The van der Waals surface area contributed by atoms with Crippen molar-refractivity contribution in [3.8, 4) is 5.75 Å². The van der Waals surface area contributed by atoms with Crippen LogP contribution in [0.25, 0.3) is 0 Å². The van der Waals surface area contributed by atoms with Gasteiger partial charge >= 0.3 is 18.2 Å². The number of hydrogen-bond acceptors (Lipinski definition) is 7. The van der Waals surface area contributed by atoms with Crippen LogP contribution in [-0.2, 0) is 16.0 Å². The highest BCUT2D eigenvalue weighted by Gasteiger charge is 2.42. The third-order valence-electron chi connectivity index (χ3n) is 5.86. The Morgan fingerprint density at radius 2 is 1.48 bits per heavy atom. The minimum absolute atomic E-state index is 0.205. The Labute approximate surface area is 240 Å². The van der Waals surface area contributed by atoms with Gasteiger partial charge in [0, 0.05) is 36.6 Å². The van der Waals surface area contributed by atoms with Crippen LogP contribution < -0.4 is 26.0 Å². The molecular formula is C29H31F3N4O6. The zero-order valence-corrected chi connectivity index (χ0v) is 22.6. The number of nitrogens with one attached hydrogen (secondary N) is 4. The molecule has 10 nitrogen and oxygen atoms in total. The lowest BCUT2D eigenvalue weighted by molar-refractivity contribution is -0.205. The molecule has 0 aromatic heterocycles. The number of alkyl halides is 3. The van der Waals surface area contributed by atoms with Gasteiger partial charge in [-0.1, -0.05) is 30.3 Å². The number of amides is 3. The van der Waals surface area contributed by atoms with Gasteiger partial charge in [0.15, 0.2) is 0 Å². The van der Waals surface area contributed by atoms with Gasteiger partial charge in [0.05, 0.1) is 6.61 Å². The number of rotatable bonds is 13. The first kappa shape index (κ1) is 31.9. The molecule has 3 amide bonds. The van der Waals surface area contributed by atoms with Crippen LogP contribution in [-0.4, -0.2) is 68.1 Å². The summed E-state index contributed by atoms with van der Waals surface area (Å²) in [6.07, 6.45) is -6.15. The average Bonchev–Trinajstić information content (AvgIpc) is 2.98. The maximum Gasteiger partial charge on any atom is 0.490 e. The Morgan fingerprint density at radius 3 is 2.02 bits per heavy atom. The predicted molar refractivity (Wildman–Crippen MR) is 149 cm³/mol. The van der Waals surface area contributed by atoms with Crippen molar-refractivity contribution >= 4 is 29.3 Å². The number of urea groups is 1. The Kier molecular flexibility index (Phi) is 11.7. The molecule has 0 spiro atoms. The summed E-state index contributed by atoms with van der Waals surface area (Å²) in [4.78, 5) is 35.4. The van der Waals surface area contributed by atoms with Crippen molar-refractivity contribution in [1.29, 1.82) is 0 Å². The molecule has 0 fully saturated rings. The van der Waals surface area contributed by atoms with E-state index in [0.717, 1.165) is 5.56 Å². The van der Waals surface area contributed by atoms with E-state index in [1.54, 1.807) is 78.9 Å².